The summed E-state index contributed by atoms with van der Waals surface area (Å²) in [4.78, 5) is 21.4. The van der Waals surface area contributed by atoms with Crippen LogP contribution in [-0.2, 0) is 6.54 Å². The monoisotopic (exact) mass is 372 g/mol. The second-order valence-electron chi connectivity index (χ2n) is 7.66. The number of amides is 1. The number of piperidine rings is 1. The van der Waals surface area contributed by atoms with Gasteiger partial charge in [-0.2, -0.15) is 0 Å². The topological polar surface area (TPSA) is 41.4 Å². The van der Waals surface area contributed by atoms with Crippen molar-refractivity contribution in [3.63, 3.8) is 0 Å². The Kier molecular flexibility index (Phi) is 6.26. The fourth-order valence-corrected chi connectivity index (χ4v) is 3.81. The van der Waals surface area contributed by atoms with Crippen molar-refractivity contribution in [1.82, 2.24) is 19.4 Å². The molecular formula is C21H29FN4O. The van der Waals surface area contributed by atoms with Crippen LogP contribution in [0, 0.1) is 12.7 Å². The van der Waals surface area contributed by atoms with E-state index < -0.39 is 0 Å². The molecule has 1 aromatic heterocycles. The molecule has 0 saturated carbocycles. The number of rotatable bonds is 6. The highest BCUT2D eigenvalue weighted by atomic mass is 19.1. The summed E-state index contributed by atoms with van der Waals surface area (Å²) in [5.41, 5.74) is 1.29. The third-order valence-electron chi connectivity index (χ3n) is 5.32. The third-order valence-corrected chi connectivity index (χ3v) is 5.32. The van der Waals surface area contributed by atoms with Gasteiger partial charge in [-0.1, -0.05) is 0 Å². The number of nitrogens with zero attached hydrogens (tertiary/aromatic N) is 4. The molecule has 2 aromatic rings. The van der Waals surface area contributed by atoms with Gasteiger partial charge in [0.2, 0.25) is 0 Å². The number of carbonyl (C=O) groups excluding carboxylic acids is 1. The van der Waals surface area contributed by atoms with E-state index in [9.17, 15) is 9.18 Å². The molecule has 0 atom stereocenters. The van der Waals surface area contributed by atoms with Gasteiger partial charge in [0.15, 0.2) is 0 Å². The SMILES string of the molecule is Cc1cc(F)ccc1C(=O)N1CCC(c2nccn2CCCN(C)C)CC1. The maximum Gasteiger partial charge on any atom is 0.254 e. The van der Waals surface area contributed by atoms with Gasteiger partial charge in [-0.3, -0.25) is 4.79 Å². The summed E-state index contributed by atoms with van der Waals surface area (Å²) in [5.74, 6) is 1.22. The van der Waals surface area contributed by atoms with E-state index in [-0.39, 0.29) is 11.7 Å². The number of hydrogen-bond donors (Lipinski definition) is 0. The Hall–Kier alpha value is -2.21. The maximum absolute atomic E-state index is 13.3. The number of aryl methyl sites for hydroxylation is 2. The molecule has 6 heteroatoms. The van der Waals surface area contributed by atoms with E-state index in [2.05, 4.69) is 34.7 Å². The van der Waals surface area contributed by atoms with E-state index in [0.717, 1.165) is 38.2 Å². The van der Waals surface area contributed by atoms with Crippen LogP contribution in [0.5, 0.6) is 0 Å². The van der Waals surface area contributed by atoms with Crippen molar-refractivity contribution < 1.29 is 9.18 Å². The number of hydrogen-bond acceptors (Lipinski definition) is 3. The van der Waals surface area contributed by atoms with Crippen LogP contribution >= 0.6 is 0 Å². The number of halogens is 1. The van der Waals surface area contributed by atoms with Crippen LogP contribution in [0.4, 0.5) is 4.39 Å². The fourth-order valence-electron chi connectivity index (χ4n) is 3.81. The smallest absolute Gasteiger partial charge is 0.254 e. The van der Waals surface area contributed by atoms with Gasteiger partial charge in [0.05, 0.1) is 0 Å². The molecule has 0 radical (unpaired) electrons. The molecule has 0 unspecified atom stereocenters. The Labute approximate surface area is 160 Å². The molecule has 0 bridgehead atoms. The highest BCUT2D eigenvalue weighted by Gasteiger charge is 2.27. The molecular weight excluding hydrogens is 343 g/mol. The van der Waals surface area contributed by atoms with Crippen LogP contribution in [0.2, 0.25) is 0 Å². The number of aromatic nitrogens is 2. The van der Waals surface area contributed by atoms with Crippen molar-refractivity contribution in [1.29, 1.82) is 0 Å². The minimum atomic E-state index is -0.302. The average molecular weight is 372 g/mol. The summed E-state index contributed by atoms with van der Waals surface area (Å²) in [6.07, 6.45) is 6.86. The molecule has 1 fully saturated rings. The minimum absolute atomic E-state index is 0.000254. The van der Waals surface area contributed by atoms with Crippen molar-refractivity contribution in [2.24, 2.45) is 0 Å². The Morgan fingerprint density at radius 2 is 2.04 bits per heavy atom. The van der Waals surface area contributed by atoms with E-state index >= 15 is 0 Å². The predicted molar refractivity (Wildman–Crippen MR) is 104 cm³/mol. The summed E-state index contributed by atoms with van der Waals surface area (Å²) in [5, 5.41) is 0. The summed E-state index contributed by atoms with van der Waals surface area (Å²) >= 11 is 0. The minimum Gasteiger partial charge on any atom is -0.339 e. The quantitative estimate of drug-likeness (QED) is 0.781. The van der Waals surface area contributed by atoms with Gasteiger partial charge < -0.3 is 14.4 Å². The fraction of sp³-hybridized carbons (Fsp3) is 0.524. The van der Waals surface area contributed by atoms with Gasteiger partial charge in [-0.25, -0.2) is 9.37 Å². The lowest BCUT2D eigenvalue weighted by Crippen LogP contribution is -2.38. The highest BCUT2D eigenvalue weighted by Crippen LogP contribution is 2.28. The van der Waals surface area contributed by atoms with E-state index in [1.807, 2.05) is 11.1 Å². The van der Waals surface area contributed by atoms with Crippen LogP contribution in [0.25, 0.3) is 0 Å². The molecule has 0 aliphatic carbocycles. The zero-order valence-electron chi connectivity index (χ0n) is 16.5. The molecule has 1 amide bonds. The Balaban J connectivity index is 1.59. The predicted octanol–water partition coefficient (Wildman–Crippen LogP) is 3.30. The largest absolute Gasteiger partial charge is 0.339 e. The van der Waals surface area contributed by atoms with Gasteiger partial charge in [-0.05, 0) is 70.6 Å². The first-order chi connectivity index (χ1) is 13.0. The van der Waals surface area contributed by atoms with E-state index in [0.29, 0.717) is 30.1 Å². The zero-order chi connectivity index (χ0) is 19.4. The molecule has 0 N–H and O–H groups in total. The highest BCUT2D eigenvalue weighted by molar-refractivity contribution is 5.95. The van der Waals surface area contributed by atoms with Crippen LogP contribution in [0.1, 0.15) is 46.9 Å². The third kappa shape index (κ3) is 4.75. The van der Waals surface area contributed by atoms with Crippen molar-refractivity contribution in [3.05, 3.63) is 53.4 Å². The number of imidazole rings is 1. The first-order valence-electron chi connectivity index (χ1n) is 9.67. The molecule has 3 rings (SSSR count). The molecule has 27 heavy (non-hydrogen) atoms. The summed E-state index contributed by atoms with van der Waals surface area (Å²) in [6.45, 7) is 5.24. The second kappa shape index (κ2) is 8.65. The summed E-state index contributed by atoms with van der Waals surface area (Å²) in [6, 6.07) is 4.37. The van der Waals surface area contributed by atoms with Crippen LogP contribution in [-0.4, -0.2) is 59.0 Å². The zero-order valence-corrected chi connectivity index (χ0v) is 16.5. The van der Waals surface area contributed by atoms with Crippen molar-refractivity contribution in [3.8, 4) is 0 Å². The molecule has 1 aromatic carbocycles. The normalized spacial score (nSPS) is 15.5. The Morgan fingerprint density at radius 3 is 2.70 bits per heavy atom. The molecule has 2 heterocycles. The van der Waals surface area contributed by atoms with Crippen molar-refractivity contribution >= 4 is 5.91 Å². The lowest BCUT2D eigenvalue weighted by atomic mass is 9.95. The standard InChI is InChI=1S/C21H29FN4O/c1-16-15-18(22)5-6-19(16)21(27)26-12-7-17(8-13-26)20-23-9-14-25(20)11-4-10-24(2)3/h5-6,9,14-15,17H,4,7-8,10-13H2,1-3H3. The number of carbonyl (C=O) groups is 1. The number of likely N-dealkylation sites (tertiary alicyclic amines) is 1. The summed E-state index contributed by atoms with van der Waals surface area (Å²) in [7, 11) is 4.18. The maximum atomic E-state index is 13.3. The lowest BCUT2D eigenvalue weighted by molar-refractivity contribution is 0.0709. The molecule has 1 saturated heterocycles. The van der Waals surface area contributed by atoms with E-state index in [1.165, 1.54) is 12.1 Å². The van der Waals surface area contributed by atoms with Gasteiger partial charge >= 0.3 is 0 Å². The van der Waals surface area contributed by atoms with Crippen LogP contribution < -0.4 is 0 Å². The number of benzene rings is 1. The molecule has 5 nitrogen and oxygen atoms in total. The van der Waals surface area contributed by atoms with Crippen LogP contribution in [0.15, 0.2) is 30.6 Å². The molecule has 0 spiro atoms. The molecule has 1 aliphatic rings. The molecule has 146 valence electrons. The van der Waals surface area contributed by atoms with Gasteiger partial charge in [0.1, 0.15) is 11.6 Å². The first kappa shape index (κ1) is 19.5. The Morgan fingerprint density at radius 1 is 1.30 bits per heavy atom. The van der Waals surface area contributed by atoms with Crippen LogP contribution in [0.3, 0.4) is 0 Å². The van der Waals surface area contributed by atoms with Gasteiger partial charge in [0, 0.05) is 43.5 Å². The average Bonchev–Trinajstić information content (AvgIpc) is 3.09. The summed E-state index contributed by atoms with van der Waals surface area (Å²) < 4.78 is 15.6. The first-order valence-corrected chi connectivity index (χ1v) is 9.67. The Bertz CT molecular complexity index is 778. The molecule has 1 aliphatic heterocycles. The lowest BCUT2D eigenvalue weighted by Gasteiger charge is -2.32. The van der Waals surface area contributed by atoms with Gasteiger partial charge in [0.25, 0.3) is 5.91 Å². The second-order valence-corrected chi connectivity index (χ2v) is 7.66. The van der Waals surface area contributed by atoms with E-state index in [1.54, 1.807) is 13.0 Å². The van der Waals surface area contributed by atoms with Gasteiger partial charge in [-0.15, -0.1) is 0 Å². The van der Waals surface area contributed by atoms with Crippen molar-refractivity contribution in [2.45, 2.75) is 38.6 Å². The van der Waals surface area contributed by atoms with E-state index in [4.69, 9.17) is 0 Å². The van der Waals surface area contributed by atoms with Crippen molar-refractivity contribution in [2.75, 3.05) is 33.7 Å².